The van der Waals surface area contributed by atoms with Gasteiger partial charge in [0, 0.05) is 19.0 Å². The van der Waals surface area contributed by atoms with Crippen molar-refractivity contribution in [1.82, 2.24) is 4.90 Å². The number of aliphatic carboxylic acids is 1. The van der Waals surface area contributed by atoms with Crippen LogP contribution >= 0.6 is 0 Å². The van der Waals surface area contributed by atoms with E-state index in [1.165, 1.54) is 5.56 Å². The number of carboxylic acids is 1. The Kier molecular flexibility index (Phi) is 4.42. The molecule has 3 rings (SSSR count). The topological polar surface area (TPSA) is 57.6 Å². The van der Waals surface area contributed by atoms with E-state index in [2.05, 4.69) is 24.3 Å². The van der Waals surface area contributed by atoms with Crippen molar-refractivity contribution in [2.24, 2.45) is 23.7 Å². The maximum atomic E-state index is 12.7. The smallest absolute Gasteiger partial charge is 0.308 e. The molecule has 0 radical (unpaired) electrons. The van der Waals surface area contributed by atoms with Crippen LogP contribution in [0, 0.1) is 30.6 Å². The van der Waals surface area contributed by atoms with Crippen molar-refractivity contribution in [1.29, 1.82) is 0 Å². The third kappa shape index (κ3) is 3.57. The Bertz CT molecular complexity index is 591. The van der Waals surface area contributed by atoms with Gasteiger partial charge < -0.3 is 10.0 Å². The third-order valence-electron chi connectivity index (χ3n) is 5.31. The molecule has 1 aliphatic heterocycles. The van der Waals surface area contributed by atoms with Gasteiger partial charge >= 0.3 is 5.97 Å². The highest BCUT2D eigenvalue weighted by molar-refractivity contribution is 5.81. The summed E-state index contributed by atoms with van der Waals surface area (Å²) < 4.78 is 0. The molecule has 1 saturated carbocycles. The molecular formula is C19H25NO3. The quantitative estimate of drug-likeness (QED) is 0.909. The summed E-state index contributed by atoms with van der Waals surface area (Å²) in [5, 5.41) is 9.42. The predicted octanol–water partition coefficient (Wildman–Crippen LogP) is 2.74. The van der Waals surface area contributed by atoms with Crippen molar-refractivity contribution in [2.75, 3.05) is 13.1 Å². The third-order valence-corrected chi connectivity index (χ3v) is 5.31. The zero-order valence-electron chi connectivity index (χ0n) is 13.9. The standard InChI is InChI=1S/C19H25NO3/c1-12-3-5-14(6-4-12)9-13(2)18(21)20-10-16(15-7-8-15)17(11-20)19(22)23/h3-6,13,15-17H,7-11H2,1-2H3,(H,22,23)/t13?,16-,17+/m1/s1. The maximum absolute atomic E-state index is 12.7. The van der Waals surface area contributed by atoms with Crippen LogP contribution < -0.4 is 0 Å². The fraction of sp³-hybridized carbons (Fsp3) is 0.579. The molecule has 0 bridgehead atoms. The Morgan fingerprint density at radius 2 is 1.87 bits per heavy atom. The molecule has 1 aliphatic carbocycles. The first-order chi connectivity index (χ1) is 11.0. The Morgan fingerprint density at radius 1 is 1.22 bits per heavy atom. The fourth-order valence-corrected chi connectivity index (χ4v) is 3.75. The second-order valence-corrected chi connectivity index (χ2v) is 7.28. The summed E-state index contributed by atoms with van der Waals surface area (Å²) in [7, 11) is 0. The van der Waals surface area contributed by atoms with Gasteiger partial charge in [-0.3, -0.25) is 9.59 Å². The molecule has 4 nitrogen and oxygen atoms in total. The summed E-state index contributed by atoms with van der Waals surface area (Å²) in [5.74, 6) is -0.462. The normalized spacial score (nSPS) is 25.4. The molecule has 2 aliphatic rings. The van der Waals surface area contributed by atoms with E-state index in [1.807, 2.05) is 13.8 Å². The lowest BCUT2D eigenvalue weighted by molar-refractivity contribution is -0.143. The predicted molar refractivity (Wildman–Crippen MR) is 88.0 cm³/mol. The van der Waals surface area contributed by atoms with Crippen LogP contribution in [0.4, 0.5) is 0 Å². The van der Waals surface area contributed by atoms with Gasteiger partial charge in [0.15, 0.2) is 0 Å². The van der Waals surface area contributed by atoms with Crippen molar-refractivity contribution in [2.45, 2.75) is 33.1 Å². The molecule has 3 atom stereocenters. The van der Waals surface area contributed by atoms with Crippen LogP contribution in [-0.2, 0) is 16.0 Å². The van der Waals surface area contributed by atoms with Crippen LogP contribution in [0.1, 0.15) is 30.9 Å². The van der Waals surface area contributed by atoms with Crippen LogP contribution in [0.5, 0.6) is 0 Å². The van der Waals surface area contributed by atoms with E-state index in [9.17, 15) is 14.7 Å². The first-order valence-corrected chi connectivity index (χ1v) is 8.53. The minimum Gasteiger partial charge on any atom is -0.481 e. The van der Waals surface area contributed by atoms with E-state index in [4.69, 9.17) is 0 Å². The molecule has 4 heteroatoms. The summed E-state index contributed by atoms with van der Waals surface area (Å²) in [5.41, 5.74) is 2.37. The number of hydrogen-bond donors (Lipinski definition) is 1. The van der Waals surface area contributed by atoms with E-state index >= 15 is 0 Å². The molecule has 0 aromatic heterocycles. The Labute approximate surface area is 137 Å². The number of aryl methyl sites for hydroxylation is 1. The average Bonchev–Trinajstić information content (AvgIpc) is 3.27. The number of amides is 1. The van der Waals surface area contributed by atoms with E-state index < -0.39 is 5.97 Å². The summed E-state index contributed by atoms with van der Waals surface area (Å²) in [4.78, 5) is 26.0. The van der Waals surface area contributed by atoms with E-state index in [0.717, 1.165) is 18.4 Å². The minimum atomic E-state index is -0.747. The molecule has 1 heterocycles. The zero-order chi connectivity index (χ0) is 16.6. The van der Waals surface area contributed by atoms with E-state index in [1.54, 1.807) is 4.90 Å². The van der Waals surface area contributed by atoms with Crippen molar-refractivity contribution >= 4 is 11.9 Å². The van der Waals surface area contributed by atoms with Gasteiger partial charge in [-0.05, 0) is 43.6 Å². The van der Waals surface area contributed by atoms with Gasteiger partial charge in [-0.2, -0.15) is 0 Å². The summed E-state index contributed by atoms with van der Waals surface area (Å²) in [6.45, 7) is 5.00. The van der Waals surface area contributed by atoms with Crippen LogP contribution in [0.3, 0.4) is 0 Å². The number of hydrogen-bond acceptors (Lipinski definition) is 2. The number of nitrogens with zero attached hydrogens (tertiary/aromatic N) is 1. The van der Waals surface area contributed by atoms with E-state index in [-0.39, 0.29) is 23.7 Å². The summed E-state index contributed by atoms with van der Waals surface area (Å²) in [6, 6.07) is 8.25. The maximum Gasteiger partial charge on any atom is 0.308 e. The monoisotopic (exact) mass is 315 g/mol. The number of carboxylic acid groups (broad SMARTS) is 1. The average molecular weight is 315 g/mol. The van der Waals surface area contributed by atoms with Crippen LogP contribution in [0.25, 0.3) is 0 Å². The summed E-state index contributed by atoms with van der Waals surface area (Å²) >= 11 is 0. The van der Waals surface area contributed by atoms with Gasteiger partial charge in [0.25, 0.3) is 0 Å². The van der Waals surface area contributed by atoms with Crippen LogP contribution in [0.15, 0.2) is 24.3 Å². The molecule has 0 spiro atoms. The van der Waals surface area contributed by atoms with Gasteiger partial charge in [0.1, 0.15) is 0 Å². The van der Waals surface area contributed by atoms with Crippen LogP contribution in [0.2, 0.25) is 0 Å². The van der Waals surface area contributed by atoms with Crippen molar-refractivity contribution in [3.05, 3.63) is 35.4 Å². The Hall–Kier alpha value is -1.84. The lowest BCUT2D eigenvalue weighted by Gasteiger charge is -2.21. The van der Waals surface area contributed by atoms with Gasteiger partial charge in [0.05, 0.1) is 5.92 Å². The summed E-state index contributed by atoms with van der Waals surface area (Å²) in [6.07, 6.45) is 2.95. The number of benzene rings is 1. The molecule has 1 aromatic carbocycles. The highest BCUT2D eigenvalue weighted by Crippen LogP contribution is 2.44. The second kappa shape index (κ2) is 6.34. The Balaban J connectivity index is 1.63. The molecule has 1 amide bonds. The van der Waals surface area contributed by atoms with Crippen LogP contribution in [-0.4, -0.2) is 35.0 Å². The first-order valence-electron chi connectivity index (χ1n) is 8.53. The molecule has 23 heavy (non-hydrogen) atoms. The van der Waals surface area contributed by atoms with Crippen molar-refractivity contribution < 1.29 is 14.7 Å². The number of likely N-dealkylation sites (tertiary alicyclic amines) is 1. The zero-order valence-corrected chi connectivity index (χ0v) is 13.9. The number of rotatable bonds is 5. The lowest BCUT2D eigenvalue weighted by Crippen LogP contribution is -2.35. The molecule has 2 fully saturated rings. The molecule has 1 aromatic rings. The minimum absolute atomic E-state index is 0.0972. The molecule has 1 N–H and O–H groups in total. The fourth-order valence-electron chi connectivity index (χ4n) is 3.75. The number of carbonyl (C=O) groups excluding carboxylic acids is 1. The number of carbonyl (C=O) groups is 2. The van der Waals surface area contributed by atoms with E-state index in [0.29, 0.717) is 25.4 Å². The van der Waals surface area contributed by atoms with Gasteiger partial charge in [-0.1, -0.05) is 36.8 Å². The molecule has 124 valence electrons. The van der Waals surface area contributed by atoms with Crippen molar-refractivity contribution in [3.63, 3.8) is 0 Å². The van der Waals surface area contributed by atoms with Gasteiger partial charge in [-0.15, -0.1) is 0 Å². The Morgan fingerprint density at radius 3 is 2.43 bits per heavy atom. The van der Waals surface area contributed by atoms with Crippen molar-refractivity contribution in [3.8, 4) is 0 Å². The molecule has 1 saturated heterocycles. The SMILES string of the molecule is Cc1ccc(CC(C)C(=O)N2C[C@H](C(=O)O)[C@@H](C3CC3)C2)cc1. The lowest BCUT2D eigenvalue weighted by atomic mass is 9.92. The highest BCUT2D eigenvalue weighted by Gasteiger charge is 2.47. The first kappa shape index (κ1) is 16.0. The van der Waals surface area contributed by atoms with Gasteiger partial charge in [-0.25, -0.2) is 0 Å². The second-order valence-electron chi connectivity index (χ2n) is 7.28. The largest absolute Gasteiger partial charge is 0.481 e. The molecular weight excluding hydrogens is 290 g/mol. The molecule has 1 unspecified atom stereocenters. The van der Waals surface area contributed by atoms with Gasteiger partial charge in [0.2, 0.25) is 5.91 Å². The highest BCUT2D eigenvalue weighted by atomic mass is 16.4.